The molecule has 1 heterocycles. The van der Waals surface area contributed by atoms with Gasteiger partial charge < -0.3 is 10.6 Å². The van der Waals surface area contributed by atoms with E-state index in [1.807, 2.05) is 6.92 Å². The molecular formula is C16H19ClFN3O. The van der Waals surface area contributed by atoms with Crippen molar-refractivity contribution in [3.05, 3.63) is 22.8 Å². The van der Waals surface area contributed by atoms with E-state index in [0.717, 1.165) is 0 Å². The molecule has 118 valence electrons. The number of halogens is 2. The lowest BCUT2D eigenvalue weighted by Gasteiger charge is -2.31. The molecule has 1 aromatic rings. The molecule has 1 amide bonds. The third kappa shape index (κ3) is 3.69. The largest absolute Gasteiger partial charge is 0.366 e. The molecule has 0 radical (unpaired) electrons. The van der Waals surface area contributed by atoms with Gasteiger partial charge in [-0.2, -0.15) is 0 Å². The van der Waals surface area contributed by atoms with Gasteiger partial charge in [0, 0.05) is 12.2 Å². The molecule has 1 aromatic heterocycles. The van der Waals surface area contributed by atoms with E-state index in [-0.39, 0.29) is 11.9 Å². The number of nitrogens with one attached hydrogen (secondary N) is 2. The lowest BCUT2D eigenvalue weighted by Crippen LogP contribution is -2.45. The van der Waals surface area contributed by atoms with Gasteiger partial charge in [0.1, 0.15) is 12.0 Å². The van der Waals surface area contributed by atoms with Crippen LogP contribution in [0.25, 0.3) is 0 Å². The van der Waals surface area contributed by atoms with E-state index in [2.05, 4.69) is 21.5 Å². The summed E-state index contributed by atoms with van der Waals surface area (Å²) in [4.78, 5) is 16.6. The molecule has 1 aliphatic carbocycles. The smallest absolute Gasteiger partial charge is 0.256 e. The molecule has 22 heavy (non-hydrogen) atoms. The summed E-state index contributed by atoms with van der Waals surface area (Å²) in [5.74, 6) is 2.62. The average molecular weight is 324 g/mol. The number of hydrogen-bond donors (Lipinski definition) is 2. The van der Waals surface area contributed by atoms with Crippen LogP contribution in [0.1, 0.15) is 43.5 Å². The van der Waals surface area contributed by atoms with Crippen molar-refractivity contribution >= 4 is 23.3 Å². The second-order valence-corrected chi connectivity index (χ2v) is 6.18. The maximum absolute atomic E-state index is 12.9. The molecule has 1 saturated carbocycles. The van der Waals surface area contributed by atoms with Gasteiger partial charge in [0.2, 0.25) is 0 Å². The molecule has 0 saturated heterocycles. The summed E-state index contributed by atoms with van der Waals surface area (Å²) in [5, 5.41) is 6.25. The van der Waals surface area contributed by atoms with E-state index >= 15 is 0 Å². The molecule has 0 unspecified atom stereocenters. The zero-order chi connectivity index (χ0) is 16.3. The first kappa shape index (κ1) is 16.6. The number of terminal acetylenes is 1. The highest BCUT2D eigenvalue weighted by Crippen LogP contribution is 2.28. The Morgan fingerprint density at radius 3 is 2.86 bits per heavy atom. The fourth-order valence-electron chi connectivity index (χ4n) is 2.13. The summed E-state index contributed by atoms with van der Waals surface area (Å²) in [5.41, 5.74) is -0.429. The fourth-order valence-corrected chi connectivity index (χ4v) is 2.29. The topological polar surface area (TPSA) is 54.0 Å². The minimum absolute atomic E-state index is 0.0135. The van der Waals surface area contributed by atoms with Crippen LogP contribution in [0.2, 0.25) is 5.02 Å². The number of carbonyl (C=O) groups is 1. The summed E-state index contributed by atoms with van der Waals surface area (Å²) >= 11 is 5.94. The van der Waals surface area contributed by atoms with Gasteiger partial charge in [-0.25, -0.2) is 9.37 Å². The van der Waals surface area contributed by atoms with Crippen LogP contribution >= 0.6 is 11.6 Å². The van der Waals surface area contributed by atoms with Crippen molar-refractivity contribution in [1.29, 1.82) is 0 Å². The summed E-state index contributed by atoms with van der Waals surface area (Å²) in [6.07, 6.45) is 7.57. The van der Waals surface area contributed by atoms with Gasteiger partial charge in [-0.15, -0.1) is 6.42 Å². The average Bonchev–Trinajstić information content (AvgIpc) is 2.47. The maximum Gasteiger partial charge on any atom is 0.256 e. The summed E-state index contributed by atoms with van der Waals surface area (Å²) in [7, 11) is 0. The van der Waals surface area contributed by atoms with Crippen molar-refractivity contribution in [1.82, 2.24) is 10.3 Å². The molecule has 0 aromatic carbocycles. The zero-order valence-electron chi connectivity index (χ0n) is 12.6. The molecule has 1 atom stereocenters. The lowest BCUT2D eigenvalue weighted by molar-refractivity contribution is 0.0924. The minimum atomic E-state index is -0.785. The standard InChI is InChI=1S/C16H19ClFN3O/c1-4-16(3,5-2)21-15(22)13-6-10(17)9-19-14(13)20-12-7-11(18)8-12/h1,6,9,11-12H,5,7-8H2,2-3H3,(H,19,20)(H,21,22)/t11?,12?,16-/m0/s1. The third-order valence-electron chi connectivity index (χ3n) is 3.94. The van der Waals surface area contributed by atoms with Crippen molar-refractivity contribution < 1.29 is 9.18 Å². The number of alkyl halides is 1. The Kier molecular flexibility index (Phi) is 4.92. The van der Waals surface area contributed by atoms with Crippen molar-refractivity contribution in [2.45, 2.75) is 50.9 Å². The molecule has 0 bridgehead atoms. The number of nitrogens with zero attached hydrogens (tertiary/aromatic N) is 1. The molecular weight excluding hydrogens is 305 g/mol. The normalized spacial score (nSPS) is 22.9. The predicted molar refractivity (Wildman–Crippen MR) is 85.8 cm³/mol. The first-order valence-corrected chi connectivity index (χ1v) is 7.61. The van der Waals surface area contributed by atoms with Gasteiger partial charge in [-0.3, -0.25) is 4.79 Å². The number of aromatic nitrogens is 1. The maximum atomic E-state index is 12.9. The Morgan fingerprint density at radius 1 is 1.64 bits per heavy atom. The predicted octanol–water partition coefficient (Wildman–Crippen LogP) is 3.18. The Hall–Kier alpha value is -1.80. The molecule has 1 fully saturated rings. The summed E-state index contributed by atoms with van der Waals surface area (Å²) < 4.78 is 12.9. The Balaban J connectivity index is 2.19. The van der Waals surface area contributed by atoms with Crippen LogP contribution in [0.5, 0.6) is 0 Å². The first-order valence-electron chi connectivity index (χ1n) is 7.23. The van der Waals surface area contributed by atoms with E-state index < -0.39 is 11.7 Å². The second-order valence-electron chi connectivity index (χ2n) is 5.74. The van der Waals surface area contributed by atoms with Crippen LogP contribution < -0.4 is 10.6 Å². The van der Waals surface area contributed by atoms with Gasteiger partial charge in [-0.05, 0) is 32.3 Å². The third-order valence-corrected chi connectivity index (χ3v) is 4.14. The van der Waals surface area contributed by atoms with E-state index in [4.69, 9.17) is 18.0 Å². The van der Waals surface area contributed by atoms with Crippen LogP contribution in [0.3, 0.4) is 0 Å². The van der Waals surface area contributed by atoms with E-state index in [1.165, 1.54) is 12.3 Å². The molecule has 0 spiro atoms. The zero-order valence-corrected chi connectivity index (χ0v) is 13.4. The monoisotopic (exact) mass is 323 g/mol. The fraction of sp³-hybridized carbons (Fsp3) is 0.500. The van der Waals surface area contributed by atoms with Crippen LogP contribution in [-0.4, -0.2) is 28.6 Å². The molecule has 1 aliphatic rings. The van der Waals surface area contributed by atoms with Crippen LogP contribution in [0, 0.1) is 12.3 Å². The molecule has 4 nitrogen and oxygen atoms in total. The van der Waals surface area contributed by atoms with Crippen molar-refractivity contribution in [3.63, 3.8) is 0 Å². The van der Waals surface area contributed by atoms with Gasteiger partial charge in [0.25, 0.3) is 5.91 Å². The number of rotatable bonds is 5. The van der Waals surface area contributed by atoms with Crippen LogP contribution in [0.4, 0.5) is 10.2 Å². The Morgan fingerprint density at radius 2 is 2.32 bits per heavy atom. The van der Waals surface area contributed by atoms with Crippen LogP contribution in [0.15, 0.2) is 12.3 Å². The van der Waals surface area contributed by atoms with Crippen molar-refractivity contribution in [3.8, 4) is 12.3 Å². The number of pyridine rings is 1. The van der Waals surface area contributed by atoms with E-state index in [1.54, 1.807) is 6.92 Å². The first-order chi connectivity index (χ1) is 10.4. The lowest BCUT2D eigenvalue weighted by atomic mass is 9.90. The Bertz CT molecular complexity index is 610. The minimum Gasteiger partial charge on any atom is -0.366 e. The molecule has 6 heteroatoms. The van der Waals surface area contributed by atoms with Crippen molar-refractivity contribution in [2.75, 3.05) is 5.32 Å². The summed E-state index contributed by atoms with van der Waals surface area (Å²) in [6, 6.07) is 1.52. The number of anilines is 1. The van der Waals surface area contributed by atoms with Crippen LogP contribution in [-0.2, 0) is 0 Å². The highest BCUT2D eigenvalue weighted by Gasteiger charge is 2.31. The van der Waals surface area contributed by atoms with Crippen molar-refractivity contribution in [2.24, 2.45) is 0 Å². The summed E-state index contributed by atoms with van der Waals surface area (Å²) in [6.45, 7) is 3.67. The van der Waals surface area contributed by atoms with Gasteiger partial charge in [0.05, 0.1) is 16.1 Å². The Labute approximate surface area is 134 Å². The van der Waals surface area contributed by atoms with E-state index in [9.17, 15) is 9.18 Å². The highest BCUT2D eigenvalue weighted by molar-refractivity contribution is 6.31. The highest BCUT2D eigenvalue weighted by atomic mass is 35.5. The number of amides is 1. The molecule has 0 aliphatic heterocycles. The second kappa shape index (κ2) is 6.53. The van der Waals surface area contributed by atoms with Gasteiger partial charge in [-0.1, -0.05) is 24.4 Å². The van der Waals surface area contributed by atoms with E-state index in [0.29, 0.717) is 35.7 Å². The number of carbonyl (C=O) groups excluding carboxylic acids is 1. The molecule has 2 N–H and O–H groups in total. The SMILES string of the molecule is C#C[C@@](C)(CC)NC(=O)c1cc(Cl)cnc1NC1CC(F)C1. The van der Waals surface area contributed by atoms with Gasteiger partial charge in [0.15, 0.2) is 0 Å². The quantitative estimate of drug-likeness (QED) is 0.818. The number of hydrogen-bond acceptors (Lipinski definition) is 3. The van der Waals surface area contributed by atoms with Gasteiger partial charge >= 0.3 is 0 Å². The molecule has 2 rings (SSSR count).